The Hall–Kier alpha value is -3.26. The number of methoxy groups -OCH3 is 2. The average Bonchev–Trinajstić information content (AvgIpc) is 2.60. The van der Waals surface area contributed by atoms with E-state index < -0.39 is 5.78 Å². The van der Waals surface area contributed by atoms with Gasteiger partial charge in [-0.3, -0.25) is 4.79 Å². The van der Waals surface area contributed by atoms with E-state index in [1.807, 2.05) is 6.07 Å². The fourth-order valence-corrected chi connectivity index (χ4v) is 2.02. The van der Waals surface area contributed by atoms with E-state index in [0.29, 0.717) is 16.9 Å². The number of nitriles is 1. The lowest BCUT2D eigenvalue weighted by molar-refractivity contribution is 0.103. The molecule has 0 aromatic heterocycles. The molecule has 0 radical (unpaired) electrons. The molecule has 0 bridgehead atoms. The Morgan fingerprint density at radius 2 is 1.96 bits per heavy atom. The van der Waals surface area contributed by atoms with E-state index in [-0.39, 0.29) is 17.1 Å². The summed E-state index contributed by atoms with van der Waals surface area (Å²) in [6, 6.07) is 13.1. The van der Waals surface area contributed by atoms with Gasteiger partial charge in [0.25, 0.3) is 0 Å². The van der Waals surface area contributed by atoms with Crippen LogP contribution in [-0.2, 0) is 0 Å². The van der Waals surface area contributed by atoms with E-state index in [2.05, 4.69) is 0 Å². The molecule has 0 aliphatic carbocycles. The molecule has 0 atom stereocenters. The highest BCUT2D eigenvalue weighted by Crippen LogP contribution is 2.27. The lowest BCUT2D eigenvalue weighted by Gasteiger charge is -2.05. The van der Waals surface area contributed by atoms with Crippen molar-refractivity contribution in [1.82, 2.24) is 0 Å². The van der Waals surface area contributed by atoms with Gasteiger partial charge < -0.3 is 14.6 Å². The molecular formula is C18H15NO4. The minimum absolute atomic E-state index is 0.0118. The first-order chi connectivity index (χ1) is 11.1. The fraction of sp³-hybridized carbons (Fsp3) is 0.111. The number of ketones is 1. The largest absolute Gasteiger partial charge is 0.504 e. The quantitative estimate of drug-likeness (QED) is 0.521. The Bertz CT molecular complexity index is 803. The first-order valence-electron chi connectivity index (χ1n) is 6.76. The monoisotopic (exact) mass is 309 g/mol. The van der Waals surface area contributed by atoms with E-state index in [9.17, 15) is 15.2 Å². The van der Waals surface area contributed by atoms with Crippen LogP contribution < -0.4 is 9.47 Å². The van der Waals surface area contributed by atoms with Gasteiger partial charge in [0.15, 0.2) is 11.5 Å². The summed E-state index contributed by atoms with van der Waals surface area (Å²) in [4.78, 5) is 12.4. The first-order valence-corrected chi connectivity index (χ1v) is 6.76. The Balaban J connectivity index is 2.38. The van der Waals surface area contributed by atoms with Crippen LogP contribution in [-0.4, -0.2) is 25.1 Å². The number of rotatable bonds is 5. The molecule has 5 nitrogen and oxygen atoms in total. The van der Waals surface area contributed by atoms with E-state index in [4.69, 9.17) is 9.47 Å². The van der Waals surface area contributed by atoms with E-state index in [1.54, 1.807) is 36.4 Å². The third-order valence-corrected chi connectivity index (χ3v) is 3.21. The van der Waals surface area contributed by atoms with Gasteiger partial charge in [-0.25, -0.2) is 0 Å². The Morgan fingerprint density at radius 3 is 2.61 bits per heavy atom. The lowest BCUT2D eigenvalue weighted by Crippen LogP contribution is -2.02. The maximum absolute atomic E-state index is 12.4. The van der Waals surface area contributed by atoms with Gasteiger partial charge in [-0.1, -0.05) is 18.2 Å². The van der Waals surface area contributed by atoms with Crippen molar-refractivity contribution in [1.29, 1.82) is 5.26 Å². The van der Waals surface area contributed by atoms with Gasteiger partial charge in [-0.15, -0.1) is 0 Å². The minimum Gasteiger partial charge on any atom is -0.504 e. The second-order valence-electron chi connectivity index (χ2n) is 4.66. The van der Waals surface area contributed by atoms with Crippen molar-refractivity contribution in [2.45, 2.75) is 0 Å². The number of Topliss-reactive ketones (excluding diaryl/α,β-unsaturated/α-hetero) is 1. The average molecular weight is 309 g/mol. The van der Waals surface area contributed by atoms with Crippen LogP contribution in [0.5, 0.6) is 17.2 Å². The zero-order valence-corrected chi connectivity index (χ0v) is 12.7. The number of allylic oxidation sites excluding steroid dienone is 1. The SMILES string of the molecule is COc1cccc(C(=O)/C(C#N)=C\c2ccc(O)c(OC)c2)c1. The van der Waals surface area contributed by atoms with E-state index >= 15 is 0 Å². The molecule has 1 N–H and O–H groups in total. The van der Waals surface area contributed by atoms with Crippen molar-refractivity contribution >= 4 is 11.9 Å². The smallest absolute Gasteiger partial charge is 0.203 e. The lowest BCUT2D eigenvalue weighted by atomic mass is 10.0. The second kappa shape index (κ2) is 7.14. The third-order valence-electron chi connectivity index (χ3n) is 3.21. The van der Waals surface area contributed by atoms with Crippen molar-refractivity contribution in [3.8, 4) is 23.3 Å². The van der Waals surface area contributed by atoms with Gasteiger partial charge in [-0.05, 0) is 35.9 Å². The highest BCUT2D eigenvalue weighted by atomic mass is 16.5. The zero-order valence-electron chi connectivity index (χ0n) is 12.7. The second-order valence-corrected chi connectivity index (χ2v) is 4.66. The van der Waals surface area contributed by atoms with Crippen LogP contribution in [0.15, 0.2) is 48.0 Å². The molecule has 23 heavy (non-hydrogen) atoms. The molecule has 0 unspecified atom stereocenters. The van der Waals surface area contributed by atoms with Crippen LogP contribution in [0, 0.1) is 11.3 Å². The molecule has 116 valence electrons. The standard InChI is InChI=1S/C18H15NO4/c1-22-15-5-3-4-13(10-15)18(21)14(11-19)8-12-6-7-16(20)17(9-12)23-2/h3-10,20H,1-2H3/b14-8-. The van der Waals surface area contributed by atoms with Crippen LogP contribution in [0.25, 0.3) is 6.08 Å². The van der Waals surface area contributed by atoms with Crippen molar-refractivity contribution < 1.29 is 19.4 Å². The molecule has 2 aromatic carbocycles. The highest BCUT2D eigenvalue weighted by molar-refractivity contribution is 6.14. The number of carbonyl (C=O) groups excluding carboxylic acids is 1. The van der Waals surface area contributed by atoms with Crippen molar-refractivity contribution in [3.05, 3.63) is 59.2 Å². The number of aromatic hydroxyl groups is 1. The summed E-state index contributed by atoms with van der Waals surface area (Å²) >= 11 is 0. The van der Waals surface area contributed by atoms with Crippen molar-refractivity contribution in [2.24, 2.45) is 0 Å². The van der Waals surface area contributed by atoms with Crippen molar-refractivity contribution in [2.75, 3.05) is 14.2 Å². The van der Waals surface area contributed by atoms with Gasteiger partial charge in [0, 0.05) is 5.56 Å². The van der Waals surface area contributed by atoms with Crippen LogP contribution in [0.3, 0.4) is 0 Å². The molecule has 0 amide bonds. The number of phenols is 1. The summed E-state index contributed by atoms with van der Waals surface area (Å²) < 4.78 is 10.1. The third kappa shape index (κ3) is 3.69. The minimum atomic E-state index is -0.404. The van der Waals surface area contributed by atoms with E-state index in [0.717, 1.165) is 0 Å². The molecular weight excluding hydrogens is 294 g/mol. The summed E-state index contributed by atoms with van der Waals surface area (Å²) in [5, 5.41) is 18.9. The molecule has 0 fully saturated rings. The Kier molecular flexibility index (Phi) is 5.00. The molecule has 0 spiro atoms. The molecule has 0 saturated heterocycles. The zero-order chi connectivity index (χ0) is 16.8. The van der Waals surface area contributed by atoms with Gasteiger partial charge in [0.2, 0.25) is 5.78 Å². The summed E-state index contributed by atoms with van der Waals surface area (Å²) in [6.45, 7) is 0. The number of ether oxygens (including phenoxy) is 2. The number of nitrogens with zero attached hydrogens (tertiary/aromatic N) is 1. The maximum atomic E-state index is 12.4. The van der Waals surface area contributed by atoms with E-state index in [1.165, 1.54) is 26.4 Å². The topological polar surface area (TPSA) is 79.6 Å². The number of benzene rings is 2. The molecule has 0 aliphatic rings. The maximum Gasteiger partial charge on any atom is 0.203 e. The van der Waals surface area contributed by atoms with Crippen LogP contribution >= 0.6 is 0 Å². The summed E-state index contributed by atoms with van der Waals surface area (Å²) in [5.41, 5.74) is 0.918. The van der Waals surface area contributed by atoms with Crippen LogP contribution in [0.4, 0.5) is 0 Å². The van der Waals surface area contributed by atoms with Crippen molar-refractivity contribution in [3.63, 3.8) is 0 Å². The normalized spacial score (nSPS) is 10.7. The van der Waals surface area contributed by atoms with Crippen LogP contribution in [0.2, 0.25) is 0 Å². The van der Waals surface area contributed by atoms with Gasteiger partial charge in [0.1, 0.15) is 17.4 Å². The molecule has 0 heterocycles. The van der Waals surface area contributed by atoms with Crippen LogP contribution in [0.1, 0.15) is 15.9 Å². The number of hydrogen-bond donors (Lipinski definition) is 1. The molecule has 2 aromatic rings. The summed E-state index contributed by atoms with van der Waals surface area (Å²) in [6.07, 6.45) is 1.45. The highest BCUT2D eigenvalue weighted by Gasteiger charge is 2.13. The van der Waals surface area contributed by atoms with Gasteiger partial charge in [0.05, 0.1) is 14.2 Å². The number of phenolic OH excluding ortho intramolecular Hbond substituents is 1. The summed E-state index contributed by atoms with van der Waals surface area (Å²) in [7, 11) is 2.93. The summed E-state index contributed by atoms with van der Waals surface area (Å²) in [5.74, 6) is 0.394. The number of carbonyl (C=O) groups is 1. The Labute approximate surface area is 134 Å². The molecule has 2 rings (SSSR count). The van der Waals surface area contributed by atoms with Gasteiger partial charge >= 0.3 is 0 Å². The predicted molar refractivity (Wildman–Crippen MR) is 85.6 cm³/mol. The molecule has 5 heteroatoms. The predicted octanol–water partition coefficient (Wildman–Crippen LogP) is 3.20. The number of hydrogen-bond acceptors (Lipinski definition) is 5. The fourth-order valence-electron chi connectivity index (χ4n) is 2.02. The first kappa shape index (κ1) is 16.1. The molecule has 0 aliphatic heterocycles. The Morgan fingerprint density at radius 1 is 1.17 bits per heavy atom. The molecule has 0 saturated carbocycles. The van der Waals surface area contributed by atoms with Gasteiger partial charge in [-0.2, -0.15) is 5.26 Å².